The minimum absolute atomic E-state index is 0.0940. The number of hydrogen-bond donors (Lipinski definition) is 1. The summed E-state index contributed by atoms with van der Waals surface area (Å²) < 4.78 is 10.7. The molecule has 0 aromatic heterocycles. The van der Waals surface area contributed by atoms with Crippen LogP contribution in [0.3, 0.4) is 0 Å². The molecule has 4 rings (SSSR count). The third-order valence-electron chi connectivity index (χ3n) is 6.78. The van der Waals surface area contributed by atoms with Gasteiger partial charge in [0.2, 0.25) is 11.8 Å². The van der Waals surface area contributed by atoms with Crippen molar-refractivity contribution in [3.8, 4) is 5.75 Å². The summed E-state index contributed by atoms with van der Waals surface area (Å²) in [6.45, 7) is 7.41. The lowest BCUT2D eigenvalue weighted by Crippen LogP contribution is -2.50. The maximum Gasteiger partial charge on any atom is 0.247 e. The number of rotatable bonds is 10. The van der Waals surface area contributed by atoms with Gasteiger partial charge in [-0.25, -0.2) is 0 Å². The Morgan fingerprint density at radius 2 is 1.58 bits per heavy atom. The molecule has 2 amide bonds. The Morgan fingerprint density at radius 3 is 2.18 bits per heavy atom. The first-order valence-corrected chi connectivity index (χ1v) is 13.1. The van der Waals surface area contributed by atoms with E-state index in [1.807, 2.05) is 92.7 Å². The second-order valence-corrected chi connectivity index (χ2v) is 9.86. The first kappa shape index (κ1) is 27.2. The lowest BCUT2D eigenvalue weighted by molar-refractivity contribution is -0.140. The van der Waals surface area contributed by atoms with Crippen molar-refractivity contribution in [2.45, 2.75) is 32.9 Å². The smallest absolute Gasteiger partial charge is 0.247 e. The molecule has 1 aliphatic rings. The number of carbonyl (C=O) groups is 2. The van der Waals surface area contributed by atoms with Crippen LogP contribution in [-0.4, -0.2) is 56.2 Å². The third kappa shape index (κ3) is 7.13. The molecule has 7 nitrogen and oxygen atoms in total. The molecule has 1 fully saturated rings. The number of anilines is 2. The van der Waals surface area contributed by atoms with Gasteiger partial charge < -0.3 is 24.6 Å². The van der Waals surface area contributed by atoms with Crippen molar-refractivity contribution in [1.29, 1.82) is 0 Å². The number of morpholine rings is 1. The molecule has 1 unspecified atom stereocenters. The van der Waals surface area contributed by atoms with Gasteiger partial charge in [0.1, 0.15) is 11.8 Å². The Morgan fingerprint density at radius 1 is 0.921 bits per heavy atom. The predicted molar refractivity (Wildman–Crippen MR) is 150 cm³/mol. The molecule has 0 spiro atoms. The first-order valence-electron chi connectivity index (χ1n) is 13.1. The summed E-state index contributed by atoms with van der Waals surface area (Å²) in [5, 5.41) is 3.06. The van der Waals surface area contributed by atoms with Gasteiger partial charge in [0, 0.05) is 31.0 Å². The van der Waals surface area contributed by atoms with Crippen LogP contribution in [0.25, 0.3) is 0 Å². The van der Waals surface area contributed by atoms with Gasteiger partial charge in [-0.1, -0.05) is 56.3 Å². The van der Waals surface area contributed by atoms with Crippen LogP contribution in [0.4, 0.5) is 11.4 Å². The van der Waals surface area contributed by atoms with E-state index in [-0.39, 0.29) is 24.2 Å². The minimum Gasteiger partial charge on any atom is -0.497 e. The van der Waals surface area contributed by atoms with Crippen LogP contribution in [0.1, 0.15) is 25.0 Å². The van der Waals surface area contributed by atoms with Crippen LogP contribution < -0.4 is 15.0 Å². The Bertz CT molecular complexity index is 1170. The summed E-state index contributed by atoms with van der Waals surface area (Å²) in [6, 6.07) is 24.5. The summed E-state index contributed by atoms with van der Waals surface area (Å²) >= 11 is 0. The Kier molecular flexibility index (Phi) is 9.38. The molecule has 1 aliphatic heterocycles. The monoisotopic (exact) mass is 515 g/mol. The third-order valence-corrected chi connectivity index (χ3v) is 6.78. The number of nitrogens with one attached hydrogen (secondary N) is 1. The molecular formula is C31H37N3O4. The molecular weight excluding hydrogens is 478 g/mol. The molecule has 0 aliphatic carbocycles. The number of ether oxygens (including phenoxy) is 2. The van der Waals surface area contributed by atoms with E-state index in [1.165, 1.54) is 0 Å². The number of nitrogens with zero attached hydrogens (tertiary/aromatic N) is 2. The summed E-state index contributed by atoms with van der Waals surface area (Å²) in [5.41, 5.74) is 3.66. The number of amides is 2. The number of methoxy groups -OCH3 is 1. The van der Waals surface area contributed by atoms with Crippen molar-refractivity contribution in [1.82, 2.24) is 4.90 Å². The fraction of sp³-hybridized carbons (Fsp3) is 0.355. The van der Waals surface area contributed by atoms with Crippen LogP contribution >= 0.6 is 0 Å². The van der Waals surface area contributed by atoms with E-state index in [1.54, 1.807) is 12.0 Å². The van der Waals surface area contributed by atoms with Gasteiger partial charge in [0.15, 0.2) is 0 Å². The summed E-state index contributed by atoms with van der Waals surface area (Å²) in [7, 11) is 1.62. The molecule has 200 valence electrons. The van der Waals surface area contributed by atoms with Crippen LogP contribution in [0.2, 0.25) is 0 Å². The van der Waals surface area contributed by atoms with Crippen molar-refractivity contribution in [2.75, 3.05) is 43.6 Å². The zero-order valence-electron chi connectivity index (χ0n) is 22.4. The molecule has 1 atom stereocenters. The van der Waals surface area contributed by atoms with E-state index < -0.39 is 6.04 Å². The fourth-order valence-electron chi connectivity index (χ4n) is 4.74. The largest absolute Gasteiger partial charge is 0.497 e. The highest BCUT2D eigenvalue weighted by Gasteiger charge is 2.32. The second-order valence-electron chi connectivity index (χ2n) is 9.86. The number of benzene rings is 3. The molecule has 3 aromatic carbocycles. The second kappa shape index (κ2) is 13.1. The van der Waals surface area contributed by atoms with Gasteiger partial charge in [0.25, 0.3) is 0 Å². The summed E-state index contributed by atoms with van der Waals surface area (Å²) in [4.78, 5) is 31.3. The Labute approximate surface area is 225 Å². The molecule has 0 bridgehead atoms. The molecule has 0 saturated carbocycles. The quantitative estimate of drug-likeness (QED) is 0.421. The van der Waals surface area contributed by atoms with Gasteiger partial charge in [-0.15, -0.1) is 0 Å². The SMILES string of the molecule is COc1ccc(CN(C(=O)Cc2ccccc2)C(C(=O)Nc2ccc(N3CCOCC3)cc2)C(C)C)cc1. The average Bonchev–Trinajstić information content (AvgIpc) is 2.94. The van der Waals surface area contributed by atoms with Gasteiger partial charge >= 0.3 is 0 Å². The van der Waals surface area contributed by atoms with Crippen molar-refractivity contribution in [3.63, 3.8) is 0 Å². The van der Waals surface area contributed by atoms with Crippen LogP contribution in [0.5, 0.6) is 5.75 Å². The molecule has 0 radical (unpaired) electrons. The summed E-state index contributed by atoms with van der Waals surface area (Å²) in [6.07, 6.45) is 0.224. The molecule has 1 N–H and O–H groups in total. The van der Waals surface area contributed by atoms with E-state index in [9.17, 15) is 9.59 Å². The minimum atomic E-state index is -0.646. The van der Waals surface area contributed by atoms with Gasteiger partial charge in [-0.2, -0.15) is 0 Å². The number of hydrogen-bond acceptors (Lipinski definition) is 5. The maximum absolute atomic E-state index is 13.7. The molecule has 3 aromatic rings. The topological polar surface area (TPSA) is 71.1 Å². The first-order chi connectivity index (χ1) is 18.4. The van der Waals surface area contributed by atoms with Crippen LogP contribution in [0.15, 0.2) is 78.9 Å². The van der Waals surface area contributed by atoms with E-state index in [2.05, 4.69) is 10.2 Å². The van der Waals surface area contributed by atoms with E-state index in [0.717, 1.165) is 48.9 Å². The van der Waals surface area contributed by atoms with Crippen LogP contribution in [-0.2, 0) is 27.3 Å². The van der Waals surface area contributed by atoms with E-state index in [0.29, 0.717) is 12.2 Å². The highest BCUT2D eigenvalue weighted by molar-refractivity contribution is 5.97. The Balaban J connectivity index is 1.54. The number of carbonyl (C=O) groups excluding carboxylic acids is 2. The molecule has 38 heavy (non-hydrogen) atoms. The van der Waals surface area contributed by atoms with Gasteiger partial charge in [-0.3, -0.25) is 9.59 Å². The predicted octanol–water partition coefficient (Wildman–Crippen LogP) is 4.77. The van der Waals surface area contributed by atoms with Crippen molar-refractivity contribution < 1.29 is 19.1 Å². The zero-order valence-corrected chi connectivity index (χ0v) is 22.4. The standard InChI is InChI=1S/C31H37N3O4/c1-23(2)30(31(36)32-26-11-13-27(14-12-26)33-17-19-38-20-18-33)34(22-25-9-15-28(37-3)16-10-25)29(35)21-24-7-5-4-6-8-24/h4-16,23,30H,17-22H2,1-3H3,(H,32,36). The highest BCUT2D eigenvalue weighted by Crippen LogP contribution is 2.23. The van der Waals surface area contributed by atoms with Crippen molar-refractivity contribution >= 4 is 23.2 Å². The maximum atomic E-state index is 13.7. The highest BCUT2D eigenvalue weighted by atomic mass is 16.5. The Hall–Kier alpha value is -3.84. The molecule has 1 heterocycles. The average molecular weight is 516 g/mol. The normalized spacial score (nSPS) is 14.2. The lowest BCUT2D eigenvalue weighted by atomic mass is 9.99. The molecule has 7 heteroatoms. The van der Waals surface area contributed by atoms with E-state index in [4.69, 9.17) is 9.47 Å². The zero-order chi connectivity index (χ0) is 26.9. The van der Waals surface area contributed by atoms with Crippen LogP contribution in [0, 0.1) is 5.92 Å². The van der Waals surface area contributed by atoms with Gasteiger partial charge in [-0.05, 0) is 53.4 Å². The van der Waals surface area contributed by atoms with Crippen molar-refractivity contribution in [2.24, 2.45) is 5.92 Å². The van der Waals surface area contributed by atoms with Gasteiger partial charge in [0.05, 0.1) is 26.7 Å². The molecule has 1 saturated heterocycles. The fourth-order valence-corrected chi connectivity index (χ4v) is 4.74. The lowest BCUT2D eigenvalue weighted by Gasteiger charge is -2.34. The van der Waals surface area contributed by atoms with E-state index >= 15 is 0 Å². The van der Waals surface area contributed by atoms with Crippen molar-refractivity contribution in [3.05, 3.63) is 90.0 Å². The summed E-state index contributed by atoms with van der Waals surface area (Å²) in [5.74, 6) is 0.354.